The zero-order valence-electron chi connectivity index (χ0n) is 16.0. The summed E-state index contributed by atoms with van der Waals surface area (Å²) in [7, 11) is 0. The first-order chi connectivity index (χ1) is 13.7. The maximum absolute atomic E-state index is 12.8. The van der Waals surface area contributed by atoms with Crippen molar-refractivity contribution < 1.29 is 18.3 Å². The van der Waals surface area contributed by atoms with Crippen LogP contribution in [0.15, 0.2) is 54.7 Å². The Morgan fingerprint density at radius 2 is 1.66 bits per heavy atom. The van der Waals surface area contributed by atoms with Crippen LogP contribution < -0.4 is 5.32 Å². The molecule has 3 aromatic rings. The summed E-state index contributed by atoms with van der Waals surface area (Å²) in [6.07, 6.45) is -2.41. The Hall–Kier alpha value is -3.00. The highest BCUT2D eigenvalue weighted by atomic mass is 19.4. The SMILES string of the molecule is CCC(O)(CC)c1cccc(-c2cccc(Nc3nccc(C(F)(F)F)n3)c2)n1. The molecule has 0 fully saturated rings. The molecular weight excluding hydrogens is 381 g/mol. The molecule has 0 aliphatic heterocycles. The number of hydrogen-bond acceptors (Lipinski definition) is 5. The van der Waals surface area contributed by atoms with Crippen molar-refractivity contribution in [3.05, 3.63) is 66.1 Å². The molecule has 1 aromatic carbocycles. The molecule has 2 aromatic heterocycles. The van der Waals surface area contributed by atoms with Crippen LogP contribution in [0.5, 0.6) is 0 Å². The fourth-order valence-corrected chi connectivity index (χ4v) is 2.93. The summed E-state index contributed by atoms with van der Waals surface area (Å²) in [5, 5.41) is 13.5. The third kappa shape index (κ3) is 4.71. The first kappa shape index (κ1) is 20.7. The second-order valence-electron chi connectivity index (χ2n) is 6.62. The van der Waals surface area contributed by atoms with E-state index in [1.54, 1.807) is 24.3 Å². The number of benzene rings is 1. The molecule has 3 rings (SSSR count). The van der Waals surface area contributed by atoms with Crippen LogP contribution in [0.1, 0.15) is 38.1 Å². The molecule has 5 nitrogen and oxygen atoms in total. The summed E-state index contributed by atoms with van der Waals surface area (Å²) in [6, 6.07) is 13.3. The van der Waals surface area contributed by atoms with Crippen LogP contribution in [0.25, 0.3) is 11.3 Å². The molecule has 0 aliphatic rings. The van der Waals surface area contributed by atoms with Gasteiger partial charge in [0.05, 0.1) is 11.4 Å². The quantitative estimate of drug-likeness (QED) is 0.585. The average Bonchev–Trinajstić information content (AvgIpc) is 2.73. The number of alkyl halides is 3. The summed E-state index contributed by atoms with van der Waals surface area (Å²) < 4.78 is 38.5. The number of hydrogen-bond donors (Lipinski definition) is 2. The molecule has 0 atom stereocenters. The Morgan fingerprint density at radius 1 is 0.931 bits per heavy atom. The van der Waals surface area contributed by atoms with E-state index in [0.717, 1.165) is 17.8 Å². The zero-order chi connectivity index (χ0) is 21.1. The van der Waals surface area contributed by atoms with Crippen LogP contribution in [0.3, 0.4) is 0 Å². The maximum Gasteiger partial charge on any atom is 0.433 e. The second kappa shape index (κ2) is 8.16. The third-order valence-corrected chi connectivity index (χ3v) is 4.76. The van der Waals surface area contributed by atoms with E-state index in [9.17, 15) is 18.3 Å². The van der Waals surface area contributed by atoms with Gasteiger partial charge in [-0.1, -0.05) is 32.0 Å². The highest BCUT2D eigenvalue weighted by Gasteiger charge is 2.32. The van der Waals surface area contributed by atoms with Gasteiger partial charge in [-0.2, -0.15) is 13.2 Å². The predicted octanol–water partition coefficient (Wildman–Crippen LogP) is 5.31. The van der Waals surface area contributed by atoms with Crippen LogP contribution in [-0.2, 0) is 11.8 Å². The van der Waals surface area contributed by atoms with Crippen molar-refractivity contribution in [2.45, 2.75) is 38.5 Å². The summed E-state index contributed by atoms with van der Waals surface area (Å²) in [5.74, 6) is -0.148. The van der Waals surface area contributed by atoms with Crippen LogP contribution in [0, 0.1) is 0 Å². The number of aromatic nitrogens is 3. The van der Waals surface area contributed by atoms with Gasteiger partial charge in [0.25, 0.3) is 0 Å². The third-order valence-electron chi connectivity index (χ3n) is 4.76. The molecule has 0 unspecified atom stereocenters. The number of halogens is 3. The van der Waals surface area contributed by atoms with Crippen LogP contribution in [0.2, 0.25) is 0 Å². The van der Waals surface area contributed by atoms with Gasteiger partial charge in [0.2, 0.25) is 5.95 Å². The monoisotopic (exact) mass is 402 g/mol. The Labute approximate surface area is 166 Å². The Kier molecular flexibility index (Phi) is 5.83. The molecule has 0 amide bonds. The molecule has 0 radical (unpaired) electrons. The van der Waals surface area contributed by atoms with Crippen LogP contribution >= 0.6 is 0 Å². The van der Waals surface area contributed by atoms with Gasteiger partial charge in [0.1, 0.15) is 11.3 Å². The number of pyridine rings is 1. The number of rotatable bonds is 6. The fourth-order valence-electron chi connectivity index (χ4n) is 2.93. The molecule has 2 heterocycles. The smallest absolute Gasteiger partial charge is 0.384 e. The summed E-state index contributed by atoms with van der Waals surface area (Å²) >= 11 is 0. The van der Waals surface area contributed by atoms with Crippen molar-refractivity contribution in [3.63, 3.8) is 0 Å². The number of aliphatic hydroxyl groups is 1. The van der Waals surface area contributed by atoms with E-state index in [1.807, 2.05) is 32.0 Å². The van der Waals surface area contributed by atoms with Gasteiger partial charge < -0.3 is 10.4 Å². The van der Waals surface area contributed by atoms with E-state index < -0.39 is 17.5 Å². The van der Waals surface area contributed by atoms with Crippen molar-refractivity contribution in [1.29, 1.82) is 0 Å². The molecule has 0 saturated carbocycles. The summed E-state index contributed by atoms with van der Waals surface area (Å²) in [6.45, 7) is 3.80. The molecule has 8 heteroatoms. The van der Waals surface area contributed by atoms with Gasteiger partial charge in [-0.25, -0.2) is 15.0 Å². The van der Waals surface area contributed by atoms with Crippen molar-refractivity contribution in [2.24, 2.45) is 0 Å². The Balaban J connectivity index is 1.89. The zero-order valence-corrected chi connectivity index (χ0v) is 16.0. The lowest BCUT2D eigenvalue weighted by atomic mass is 9.92. The van der Waals surface area contributed by atoms with E-state index >= 15 is 0 Å². The standard InChI is InChI=1S/C21H21F3N4O/c1-3-20(29,4-2)17-10-6-9-16(27-17)14-7-5-8-15(13-14)26-19-25-12-11-18(28-19)21(22,23)24/h5-13,29H,3-4H2,1-2H3,(H,25,26,28). The lowest BCUT2D eigenvalue weighted by Crippen LogP contribution is -2.24. The molecule has 0 bridgehead atoms. The minimum atomic E-state index is -4.54. The van der Waals surface area contributed by atoms with Gasteiger partial charge in [-0.15, -0.1) is 0 Å². The molecule has 0 spiro atoms. The number of nitrogens with one attached hydrogen (secondary N) is 1. The topological polar surface area (TPSA) is 70.9 Å². The van der Waals surface area contributed by atoms with Crippen molar-refractivity contribution in [1.82, 2.24) is 15.0 Å². The van der Waals surface area contributed by atoms with Gasteiger partial charge in [0.15, 0.2) is 0 Å². The predicted molar refractivity (Wildman–Crippen MR) is 104 cm³/mol. The minimum absolute atomic E-state index is 0.148. The number of anilines is 2. The fraction of sp³-hybridized carbons (Fsp3) is 0.286. The normalized spacial score (nSPS) is 12.1. The van der Waals surface area contributed by atoms with E-state index in [1.165, 1.54) is 0 Å². The molecule has 152 valence electrons. The van der Waals surface area contributed by atoms with E-state index in [-0.39, 0.29) is 5.95 Å². The molecule has 0 aliphatic carbocycles. The summed E-state index contributed by atoms with van der Waals surface area (Å²) in [4.78, 5) is 12.0. The first-order valence-electron chi connectivity index (χ1n) is 9.23. The van der Waals surface area contributed by atoms with Crippen LogP contribution in [0.4, 0.5) is 24.8 Å². The van der Waals surface area contributed by atoms with Gasteiger partial charge in [-0.05, 0) is 43.2 Å². The molecule has 2 N–H and O–H groups in total. The van der Waals surface area contributed by atoms with Crippen molar-refractivity contribution >= 4 is 11.6 Å². The van der Waals surface area contributed by atoms with Crippen molar-refractivity contribution in [3.8, 4) is 11.3 Å². The maximum atomic E-state index is 12.8. The minimum Gasteiger partial charge on any atom is -0.384 e. The first-order valence-corrected chi connectivity index (χ1v) is 9.23. The Morgan fingerprint density at radius 3 is 2.34 bits per heavy atom. The van der Waals surface area contributed by atoms with Gasteiger partial charge in [-0.3, -0.25) is 0 Å². The average molecular weight is 402 g/mol. The van der Waals surface area contributed by atoms with Gasteiger partial charge in [0, 0.05) is 17.4 Å². The number of nitrogens with zero attached hydrogens (tertiary/aromatic N) is 3. The lowest BCUT2D eigenvalue weighted by Gasteiger charge is -2.25. The summed E-state index contributed by atoms with van der Waals surface area (Å²) in [5.41, 5.74) is 0.487. The van der Waals surface area contributed by atoms with E-state index in [2.05, 4.69) is 20.3 Å². The van der Waals surface area contributed by atoms with Gasteiger partial charge >= 0.3 is 6.18 Å². The molecular formula is C21H21F3N4O. The van der Waals surface area contributed by atoms with E-state index in [4.69, 9.17) is 0 Å². The molecule has 0 saturated heterocycles. The second-order valence-corrected chi connectivity index (χ2v) is 6.62. The Bertz CT molecular complexity index is 987. The van der Waals surface area contributed by atoms with Crippen molar-refractivity contribution in [2.75, 3.05) is 5.32 Å². The molecule has 29 heavy (non-hydrogen) atoms. The van der Waals surface area contributed by atoms with Crippen LogP contribution in [-0.4, -0.2) is 20.1 Å². The lowest BCUT2D eigenvalue weighted by molar-refractivity contribution is -0.141. The highest BCUT2D eigenvalue weighted by Crippen LogP contribution is 2.30. The largest absolute Gasteiger partial charge is 0.433 e. The highest BCUT2D eigenvalue weighted by molar-refractivity contribution is 5.67. The van der Waals surface area contributed by atoms with E-state index in [0.29, 0.717) is 29.9 Å².